The van der Waals surface area contributed by atoms with Crippen LogP contribution in [0.4, 0.5) is 4.39 Å². The van der Waals surface area contributed by atoms with Crippen molar-refractivity contribution in [1.29, 1.82) is 0 Å². The van der Waals surface area contributed by atoms with Gasteiger partial charge >= 0.3 is 0 Å². The summed E-state index contributed by atoms with van der Waals surface area (Å²) in [7, 11) is -2.29. The smallest absolute Gasteiger partial charge is 0.245 e. The highest BCUT2D eigenvalue weighted by Gasteiger charge is 2.70. The van der Waals surface area contributed by atoms with Crippen molar-refractivity contribution in [2.24, 2.45) is 10.7 Å². The Labute approximate surface area is 131 Å². The van der Waals surface area contributed by atoms with Crippen LogP contribution in [0.2, 0.25) is 0 Å². The lowest BCUT2D eigenvalue weighted by Crippen LogP contribution is -2.58. The maximum Gasteiger partial charge on any atom is 0.245 e. The molecule has 114 valence electrons. The molecule has 1 aromatic rings. The summed E-state index contributed by atoms with van der Waals surface area (Å²) in [5.74, 6) is -0.599. The van der Waals surface area contributed by atoms with Crippen LogP contribution in [0.25, 0.3) is 0 Å². The largest absolute Gasteiger partial charge is 0.369 e. The molecule has 0 saturated heterocycles. The molecule has 0 radical (unpaired) electrons. The molecule has 8 heteroatoms. The molecular weight excluding hydrogens is 361 g/mol. The molecule has 0 amide bonds. The Bertz CT molecular complexity index is 761. The zero-order valence-corrected chi connectivity index (χ0v) is 14.0. The molecule has 1 aromatic carbocycles. The Kier molecular flexibility index (Phi) is 2.95. The first kappa shape index (κ1) is 14.8. The van der Waals surface area contributed by atoms with Gasteiger partial charge in [-0.25, -0.2) is 22.1 Å². The van der Waals surface area contributed by atoms with E-state index in [1.165, 1.54) is 13.1 Å². The second-order valence-electron chi connectivity index (χ2n) is 5.63. The van der Waals surface area contributed by atoms with E-state index in [0.717, 1.165) is 4.31 Å². The van der Waals surface area contributed by atoms with E-state index in [-0.39, 0.29) is 11.5 Å². The van der Waals surface area contributed by atoms with Gasteiger partial charge in [0, 0.05) is 17.1 Å². The number of rotatable bonds is 1. The predicted molar refractivity (Wildman–Crippen MR) is 81.7 cm³/mol. The Balaban J connectivity index is 2.32. The van der Waals surface area contributed by atoms with Gasteiger partial charge in [-0.05, 0) is 38.0 Å². The summed E-state index contributed by atoms with van der Waals surface area (Å²) >= 11 is 3.29. The molecule has 2 aliphatic rings. The normalized spacial score (nSPS) is 29.3. The van der Waals surface area contributed by atoms with Crippen LogP contribution in [0.5, 0.6) is 0 Å². The number of benzene rings is 1. The van der Waals surface area contributed by atoms with E-state index >= 15 is 0 Å². The van der Waals surface area contributed by atoms with Crippen LogP contribution in [-0.2, 0) is 15.6 Å². The number of sulfonamides is 1. The molecule has 21 heavy (non-hydrogen) atoms. The lowest BCUT2D eigenvalue weighted by Gasteiger charge is -2.42. The van der Waals surface area contributed by atoms with Crippen molar-refractivity contribution < 1.29 is 12.8 Å². The first-order valence-corrected chi connectivity index (χ1v) is 8.68. The molecule has 1 aliphatic carbocycles. The highest BCUT2D eigenvalue weighted by Crippen LogP contribution is 2.60. The molecule has 1 aliphatic heterocycles. The van der Waals surface area contributed by atoms with Gasteiger partial charge in [-0.3, -0.25) is 0 Å². The quantitative estimate of drug-likeness (QED) is 0.814. The van der Waals surface area contributed by atoms with Gasteiger partial charge in [0.15, 0.2) is 0 Å². The summed E-state index contributed by atoms with van der Waals surface area (Å²) in [6.07, 6.45) is 0.887. The van der Waals surface area contributed by atoms with Gasteiger partial charge in [-0.1, -0.05) is 15.9 Å². The average molecular weight is 376 g/mol. The first-order valence-electron chi connectivity index (χ1n) is 6.45. The molecule has 1 saturated carbocycles. The minimum Gasteiger partial charge on any atom is -0.369 e. The summed E-state index contributed by atoms with van der Waals surface area (Å²) in [5.41, 5.74) is 4.78. The summed E-state index contributed by atoms with van der Waals surface area (Å²) in [4.78, 5) is 4.36. The van der Waals surface area contributed by atoms with Crippen LogP contribution in [0.3, 0.4) is 0 Å². The predicted octanol–water partition coefficient (Wildman–Crippen LogP) is 1.93. The van der Waals surface area contributed by atoms with Gasteiger partial charge in [0.2, 0.25) is 16.0 Å². The Morgan fingerprint density at radius 1 is 1.43 bits per heavy atom. The molecule has 2 N–H and O–H groups in total. The van der Waals surface area contributed by atoms with Crippen molar-refractivity contribution in [3.63, 3.8) is 0 Å². The number of halogens is 2. The maximum absolute atomic E-state index is 14.3. The number of hydrogen-bond acceptors (Lipinski definition) is 4. The Hall–Kier alpha value is -1.15. The SMILES string of the molecule is CN1C(N)=NC(C)(c2cc(Br)ccc2F)C2(CC2)S1(=O)=O. The van der Waals surface area contributed by atoms with Crippen molar-refractivity contribution in [2.45, 2.75) is 30.1 Å². The van der Waals surface area contributed by atoms with E-state index in [0.29, 0.717) is 17.3 Å². The van der Waals surface area contributed by atoms with E-state index in [4.69, 9.17) is 5.73 Å². The molecule has 1 atom stereocenters. The molecule has 5 nitrogen and oxygen atoms in total. The summed E-state index contributed by atoms with van der Waals surface area (Å²) in [6.45, 7) is 1.64. The van der Waals surface area contributed by atoms with Crippen molar-refractivity contribution in [3.8, 4) is 0 Å². The third-order valence-electron chi connectivity index (χ3n) is 4.56. The lowest BCUT2D eigenvalue weighted by atomic mass is 9.86. The molecule has 0 bridgehead atoms. The fourth-order valence-electron chi connectivity index (χ4n) is 3.07. The lowest BCUT2D eigenvalue weighted by molar-refractivity contribution is 0.381. The fraction of sp³-hybridized carbons (Fsp3) is 0.462. The monoisotopic (exact) mass is 375 g/mol. The Morgan fingerprint density at radius 2 is 2.05 bits per heavy atom. The van der Waals surface area contributed by atoms with Crippen LogP contribution < -0.4 is 5.73 Å². The van der Waals surface area contributed by atoms with E-state index in [9.17, 15) is 12.8 Å². The van der Waals surface area contributed by atoms with Crippen LogP contribution in [0.1, 0.15) is 25.3 Å². The number of hydrogen-bond donors (Lipinski definition) is 1. The zero-order valence-electron chi connectivity index (χ0n) is 11.6. The van der Waals surface area contributed by atoms with Crippen molar-refractivity contribution in [3.05, 3.63) is 34.1 Å². The first-order chi connectivity index (χ1) is 9.66. The summed E-state index contributed by atoms with van der Waals surface area (Å²) in [6, 6.07) is 4.45. The molecule has 1 unspecified atom stereocenters. The third kappa shape index (κ3) is 1.72. The second kappa shape index (κ2) is 4.19. The van der Waals surface area contributed by atoms with Crippen LogP contribution in [0.15, 0.2) is 27.7 Å². The van der Waals surface area contributed by atoms with Gasteiger partial charge < -0.3 is 5.73 Å². The summed E-state index contributed by atoms with van der Waals surface area (Å²) < 4.78 is 40.3. The zero-order chi connectivity index (χ0) is 15.6. The number of nitrogens with two attached hydrogens (primary N) is 1. The maximum atomic E-state index is 14.3. The van der Waals surface area contributed by atoms with Gasteiger partial charge in [-0.15, -0.1) is 0 Å². The van der Waals surface area contributed by atoms with E-state index < -0.39 is 26.1 Å². The molecule has 1 heterocycles. The Morgan fingerprint density at radius 3 is 2.62 bits per heavy atom. The van der Waals surface area contributed by atoms with Crippen LogP contribution >= 0.6 is 15.9 Å². The number of guanidine groups is 1. The minimum atomic E-state index is -3.67. The molecule has 3 rings (SSSR count). The molecule has 1 spiro atoms. The second-order valence-corrected chi connectivity index (χ2v) is 8.83. The molecule has 1 fully saturated rings. The van der Waals surface area contributed by atoms with Crippen molar-refractivity contribution in [1.82, 2.24) is 4.31 Å². The number of nitrogens with zero attached hydrogens (tertiary/aromatic N) is 2. The van der Waals surface area contributed by atoms with Gasteiger partial charge in [0.05, 0.1) is 0 Å². The van der Waals surface area contributed by atoms with E-state index in [2.05, 4.69) is 20.9 Å². The third-order valence-corrected chi connectivity index (χ3v) is 7.75. The van der Waals surface area contributed by atoms with Gasteiger partial charge in [0.25, 0.3) is 0 Å². The molecule has 0 aromatic heterocycles. The van der Waals surface area contributed by atoms with Gasteiger partial charge in [-0.2, -0.15) is 0 Å². The van der Waals surface area contributed by atoms with Gasteiger partial charge in [0.1, 0.15) is 16.1 Å². The summed E-state index contributed by atoms with van der Waals surface area (Å²) in [5, 5.41) is 0. The highest BCUT2D eigenvalue weighted by atomic mass is 79.9. The van der Waals surface area contributed by atoms with Crippen LogP contribution in [-0.4, -0.2) is 30.5 Å². The van der Waals surface area contributed by atoms with E-state index in [1.807, 2.05) is 0 Å². The highest BCUT2D eigenvalue weighted by molar-refractivity contribution is 9.10. The minimum absolute atomic E-state index is 0.116. The molecular formula is C13H15BrFN3O2S. The fourth-order valence-corrected chi connectivity index (χ4v) is 5.52. The van der Waals surface area contributed by atoms with E-state index in [1.54, 1.807) is 19.1 Å². The topological polar surface area (TPSA) is 75.8 Å². The number of aliphatic imine (C=N–C) groups is 1. The van der Waals surface area contributed by atoms with Crippen molar-refractivity contribution >= 4 is 31.9 Å². The van der Waals surface area contributed by atoms with Crippen LogP contribution in [0, 0.1) is 5.82 Å². The van der Waals surface area contributed by atoms with Crippen molar-refractivity contribution in [2.75, 3.05) is 7.05 Å². The standard InChI is InChI=1S/C13H15BrFN3O2S/c1-12(9-7-8(14)3-4-10(9)15)13(5-6-13)21(19,20)18(2)11(16)17-12/h3-4,7H,5-6H2,1-2H3,(H2,16,17). The average Bonchev–Trinajstić information content (AvgIpc) is 3.21.